The van der Waals surface area contributed by atoms with Crippen molar-refractivity contribution in [2.24, 2.45) is 12.8 Å². The number of ether oxygens (including phenoxy) is 1. The number of carbonyl (C=O) groups is 1. The van der Waals surface area contributed by atoms with Gasteiger partial charge in [0.1, 0.15) is 17.8 Å². The van der Waals surface area contributed by atoms with Crippen molar-refractivity contribution in [1.82, 2.24) is 19.7 Å². The van der Waals surface area contributed by atoms with E-state index in [1.165, 1.54) is 0 Å². The fraction of sp³-hybridized carbons (Fsp3) is 0.481. The summed E-state index contributed by atoms with van der Waals surface area (Å²) >= 11 is 0. The zero-order valence-electron chi connectivity index (χ0n) is 21.1. The molecule has 5 rings (SSSR count). The predicted octanol–water partition coefficient (Wildman–Crippen LogP) is 4.29. The van der Waals surface area contributed by atoms with Gasteiger partial charge in [-0.3, -0.25) is 4.79 Å². The molecule has 2 heterocycles. The van der Waals surface area contributed by atoms with Gasteiger partial charge in [0.25, 0.3) is 5.91 Å². The molecule has 2 aliphatic rings. The number of hydrogen-bond acceptors (Lipinski definition) is 6. The van der Waals surface area contributed by atoms with E-state index in [1.807, 2.05) is 29.8 Å². The topological polar surface area (TPSA) is 99.2 Å². The van der Waals surface area contributed by atoms with Crippen LogP contribution in [0.5, 0.6) is 0 Å². The molecule has 2 N–H and O–H groups in total. The highest BCUT2D eigenvalue weighted by atomic mass is 19.3. The van der Waals surface area contributed by atoms with Gasteiger partial charge in [-0.1, -0.05) is 19.1 Å². The summed E-state index contributed by atoms with van der Waals surface area (Å²) in [5.74, 6) is 0.605. The lowest BCUT2D eigenvalue weighted by Crippen LogP contribution is -2.49. The van der Waals surface area contributed by atoms with E-state index in [2.05, 4.69) is 39.1 Å². The van der Waals surface area contributed by atoms with E-state index in [0.717, 1.165) is 54.1 Å². The van der Waals surface area contributed by atoms with Gasteiger partial charge in [0.2, 0.25) is 0 Å². The highest BCUT2D eigenvalue weighted by Gasteiger charge is 2.51. The highest BCUT2D eigenvalue weighted by molar-refractivity contribution is 5.91. The number of amides is 1. The smallest absolute Gasteiger partial charge is 0.345 e. The fourth-order valence-electron chi connectivity index (χ4n) is 5.43. The van der Waals surface area contributed by atoms with Crippen LogP contribution in [0, 0.1) is 0 Å². The molecule has 2 aromatic heterocycles. The van der Waals surface area contributed by atoms with Crippen molar-refractivity contribution in [3.63, 3.8) is 0 Å². The highest BCUT2D eigenvalue weighted by Crippen LogP contribution is 2.50. The van der Waals surface area contributed by atoms with Crippen molar-refractivity contribution in [3.05, 3.63) is 71.1 Å². The number of aryl methyl sites for hydroxylation is 1. The SMILES string of the molecule is CCCN(Cc1cc(C(N)=O)nc(C2CC2)c1)c1cccc(C2(c3nncn3C)CC(OC(F)F)C2)c1. The van der Waals surface area contributed by atoms with Crippen LogP contribution in [0.3, 0.4) is 0 Å². The Morgan fingerprint density at radius 1 is 1.27 bits per heavy atom. The van der Waals surface area contributed by atoms with E-state index in [1.54, 1.807) is 12.4 Å². The third-order valence-corrected chi connectivity index (χ3v) is 7.37. The van der Waals surface area contributed by atoms with Crippen LogP contribution in [0.1, 0.15) is 78.1 Å². The van der Waals surface area contributed by atoms with E-state index in [4.69, 9.17) is 10.5 Å². The number of nitrogens with two attached hydrogens (primary N) is 1. The van der Waals surface area contributed by atoms with Crippen molar-refractivity contribution < 1.29 is 18.3 Å². The lowest BCUT2D eigenvalue weighted by Gasteiger charge is -2.46. The molecule has 1 amide bonds. The van der Waals surface area contributed by atoms with Crippen LogP contribution < -0.4 is 10.6 Å². The standard InChI is InChI=1S/C27H32F2N6O2/c1-3-9-35(15-17-10-22(18-7-8-18)32-23(11-17)24(30)36)20-6-4-5-19(12-20)27(25-33-31-16-34(25)2)13-21(14-27)37-26(28)29/h4-6,10-12,16,18,21,26H,3,7-9,13-15H2,1-2H3,(H2,30,36). The molecule has 1 aromatic carbocycles. The Balaban J connectivity index is 1.47. The van der Waals surface area contributed by atoms with Crippen molar-refractivity contribution in [2.45, 2.75) is 69.6 Å². The molecule has 0 bridgehead atoms. The molecule has 2 aliphatic carbocycles. The Morgan fingerprint density at radius 3 is 2.68 bits per heavy atom. The van der Waals surface area contributed by atoms with Crippen LogP contribution in [0.15, 0.2) is 42.7 Å². The average molecular weight is 511 g/mol. The summed E-state index contributed by atoms with van der Waals surface area (Å²) in [6, 6.07) is 12.0. The average Bonchev–Trinajstić information content (AvgIpc) is 3.61. The van der Waals surface area contributed by atoms with Crippen LogP contribution in [0.4, 0.5) is 14.5 Å². The van der Waals surface area contributed by atoms with Gasteiger partial charge in [0.05, 0.1) is 11.5 Å². The Hall–Kier alpha value is -3.40. The van der Waals surface area contributed by atoms with E-state index < -0.39 is 24.0 Å². The molecule has 2 fully saturated rings. The molecule has 0 radical (unpaired) electrons. The molecular formula is C27H32F2N6O2. The first-order valence-corrected chi connectivity index (χ1v) is 12.7. The van der Waals surface area contributed by atoms with E-state index in [-0.39, 0.29) is 0 Å². The van der Waals surface area contributed by atoms with Crippen molar-refractivity contribution in [2.75, 3.05) is 11.4 Å². The summed E-state index contributed by atoms with van der Waals surface area (Å²) in [7, 11) is 1.86. The lowest BCUT2D eigenvalue weighted by atomic mass is 9.62. The molecular weight excluding hydrogens is 478 g/mol. The molecule has 3 aromatic rings. The Kier molecular flexibility index (Phi) is 6.94. The van der Waals surface area contributed by atoms with Crippen LogP contribution >= 0.6 is 0 Å². The quantitative estimate of drug-likeness (QED) is 0.413. The first-order chi connectivity index (χ1) is 17.8. The largest absolute Gasteiger partial charge is 0.367 e. The number of aromatic nitrogens is 4. The number of carbonyl (C=O) groups excluding carboxylic acids is 1. The number of pyridine rings is 1. The van der Waals surface area contributed by atoms with E-state index >= 15 is 0 Å². The molecule has 37 heavy (non-hydrogen) atoms. The summed E-state index contributed by atoms with van der Waals surface area (Å²) in [5, 5.41) is 8.39. The summed E-state index contributed by atoms with van der Waals surface area (Å²) in [6.45, 7) is 0.700. The Labute approximate surface area is 214 Å². The molecule has 0 saturated heterocycles. The predicted molar refractivity (Wildman–Crippen MR) is 134 cm³/mol. The van der Waals surface area contributed by atoms with Crippen molar-refractivity contribution >= 4 is 11.6 Å². The first kappa shape index (κ1) is 25.3. The van der Waals surface area contributed by atoms with Crippen LogP contribution in [0.2, 0.25) is 0 Å². The van der Waals surface area contributed by atoms with Gasteiger partial charge in [-0.25, -0.2) is 4.98 Å². The van der Waals surface area contributed by atoms with Crippen molar-refractivity contribution in [3.8, 4) is 0 Å². The molecule has 0 aliphatic heterocycles. The van der Waals surface area contributed by atoms with Gasteiger partial charge in [-0.15, -0.1) is 10.2 Å². The zero-order valence-corrected chi connectivity index (χ0v) is 21.1. The van der Waals surface area contributed by atoms with Crippen LogP contribution in [-0.4, -0.2) is 44.9 Å². The summed E-state index contributed by atoms with van der Waals surface area (Å²) in [4.78, 5) is 18.7. The third kappa shape index (κ3) is 5.20. The zero-order chi connectivity index (χ0) is 26.2. The molecule has 0 atom stereocenters. The van der Waals surface area contributed by atoms with Crippen LogP contribution in [0.25, 0.3) is 0 Å². The number of alkyl halides is 2. The Morgan fingerprint density at radius 2 is 2.05 bits per heavy atom. The number of hydrogen-bond donors (Lipinski definition) is 1. The summed E-state index contributed by atoms with van der Waals surface area (Å²) in [6.07, 6.45) is 4.97. The van der Waals surface area contributed by atoms with Gasteiger partial charge in [-0.05, 0) is 67.5 Å². The van der Waals surface area contributed by atoms with Crippen molar-refractivity contribution in [1.29, 1.82) is 0 Å². The molecule has 196 valence electrons. The minimum atomic E-state index is -2.81. The van der Waals surface area contributed by atoms with Gasteiger partial charge in [0, 0.05) is 37.4 Å². The minimum Gasteiger partial charge on any atom is -0.367 e. The van der Waals surface area contributed by atoms with Gasteiger partial charge in [0.15, 0.2) is 0 Å². The van der Waals surface area contributed by atoms with E-state index in [9.17, 15) is 13.6 Å². The molecule has 2 saturated carbocycles. The number of rotatable bonds is 11. The van der Waals surface area contributed by atoms with Gasteiger partial charge >= 0.3 is 6.61 Å². The second-order valence-corrected chi connectivity index (χ2v) is 10.2. The number of benzene rings is 1. The number of halogens is 2. The van der Waals surface area contributed by atoms with Crippen LogP contribution in [-0.2, 0) is 23.7 Å². The molecule has 10 heteroatoms. The number of primary amides is 1. The second kappa shape index (κ2) is 10.2. The summed E-state index contributed by atoms with van der Waals surface area (Å²) < 4.78 is 32.5. The molecule has 0 spiro atoms. The first-order valence-electron chi connectivity index (χ1n) is 12.7. The minimum absolute atomic E-state index is 0.297. The maximum atomic E-state index is 12.9. The molecule has 8 nitrogen and oxygen atoms in total. The fourth-order valence-corrected chi connectivity index (χ4v) is 5.43. The maximum Gasteiger partial charge on any atom is 0.345 e. The number of anilines is 1. The Bertz CT molecular complexity index is 1270. The number of nitrogens with zero attached hydrogens (tertiary/aromatic N) is 5. The third-order valence-electron chi connectivity index (χ3n) is 7.37. The monoisotopic (exact) mass is 510 g/mol. The normalized spacial score (nSPS) is 21.2. The molecule has 0 unspecified atom stereocenters. The van der Waals surface area contributed by atoms with E-state index in [0.29, 0.717) is 31.0 Å². The second-order valence-electron chi connectivity index (χ2n) is 10.2. The maximum absolute atomic E-state index is 12.9. The van der Waals surface area contributed by atoms with Gasteiger partial charge < -0.3 is 19.9 Å². The summed E-state index contributed by atoms with van der Waals surface area (Å²) in [5.41, 5.74) is 9.22. The van der Waals surface area contributed by atoms with Gasteiger partial charge in [-0.2, -0.15) is 8.78 Å². The lowest BCUT2D eigenvalue weighted by molar-refractivity contribution is -0.192.